The first-order valence-corrected chi connectivity index (χ1v) is 7.02. The van der Waals surface area contributed by atoms with Gasteiger partial charge in [0.05, 0.1) is 7.11 Å². The van der Waals surface area contributed by atoms with Crippen LogP contribution in [0.4, 0.5) is 9.18 Å². The van der Waals surface area contributed by atoms with E-state index in [1.54, 1.807) is 25.1 Å². The summed E-state index contributed by atoms with van der Waals surface area (Å²) in [5.41, 5.74) is 0.917. The van der Waals surface area contributed by atoms with Gasteiger partial charge in [-0.3, -0.25) is 4.90 Å². The number of piperazine rings is 1. The van der Waals surface area contributed by atoms with Gasteiger partial charge in [-0.05, 0) is 17.7 Å². The van der Waals surface area contributed by atoms with Crippen LogP contribution in [0.25, 0.3) is 0 Å². The standard InChI is InChI=1S/C15H22FN3O2/c1-17(2)15(20)19-8-6-18(7-9-19)11-12-4-5-14(21-3)13(16)10-12/h4-5,10H,6-9,11H2,1-3H3. The lowest BCUT2D eigenvalue weighted by molar-refractivity contribution is 0.120. The zero-order valence-corrected chi connectivity index (χ0v) is 12.8. The minimum absolute atomic E-state index is 0.0464. The summed E-state index contributed by atoms with van der Waals surface area (Å²) in [5.74, 6) is -0.0726. The molecular weight excluding hydrogens is 273 g/mol. The molecule has 116 valence electrons. The molecule has 0 atom stereocenters. The normalized spacial score (nSPS) is 15.9. The van der Waals surface area contributed by atoms with Crippen LogP contribution in [-0.4, -0.2) is 68.1 Å². The largest absolute Gasteiger partial charge is 0.494 e. The molecule has 0 aromatic heterocycles. The molecular formula is C15H22FN3O2. The van der Waals surface area contributed by atoms with E-state index in [1.165, 1.54) is 13.2 Å². The molecule has 1 aliphatic rings. The quantitative estimate of drug-likeness (QED) is 0.850. The average Bonchev–Trinajstić information content (AvgIpc) is 2.47. The van der Waals surface area contributed by atoms with Crippen molar-refractivity contribution >= 4 is 6.03 Å². The Balaban J connectivity index is 1.89. The molecule has 21 heavy (non-hydrogen) atoms. The van der Waals surface area contributed by atoms with Gasteiger partial charge >= 0.3 is 6.03 Å². The summed E-state index contributed by atoms with van der Waals surface area (Å²) in [7, 11) is 4.97. The topological polar surface area (TPSA) is 36.0 Å². The van der Waals surface area contributed by atoms with E-state index in [1.807, 2.05) is 11.0 Å². The molecule has 2 amide bonds. The lowest BCUT2D eigenvalue weighted by atomic mass is 10.2. The van der Waals surface area contributed by atoms with Gasteiger partial charge in [0.15, 0.2) is 11.6 Å². The number of carbonyl (C=O) groups excluding carboxylic acids is 1. The van der Waals surface area contributed by atoms with Gasteiger partial charge in [-0.1, -0.05) is 6.07 Å². The SMILES string of the molecule is COc1ccc(CN2CCN(C(=O)N(C)C)CC2)cc1F. The zero-order valence-electron chi connectivity index (χ0n) is 12.8. The van der Waals surface area contributed by atoms with E-state index in [0.717, 1.165) is 18.7 Å². The first-order chi connectivity index (χ1) is 10.0. The fourth-order valence-corrected chi connectivity index (χ4v) is 2.45. The number of hydrogen-bond acceptors (Lipinski definition) is 3. The molecule has 1 aliphatic heterocycles. The summed E-state index contributed by atoms with van der Waals surface area (Å²) in [4.78, 5) is 17.5. The Bertz CT molecular complexity index is 500. The number of benzene rings is 1. The van der Waals surface area contributed by atoms with Gasteiger partial charge in [-0.25, -0.2) is 9.18 Å². The highest BCUT2D eigenvalue weighted by Gasteiger charge is 2.22. The number of urea groups is 1. The van der Waals surface area contributed by atoms with Crippen LogP contribution in [0.15, 0.2) is 18.2 Å². The predicted molar refractivity (Wildman–Crippen MR) is 78.9 cm³/mol. The molecule has 1 aromatic rings. The van der Waals surface area contributed by atoms with Crippen LogP contribution in [0, 0.1) is 5.82 Å². The Morgan fingerprint density at radius 2 is 1.95 bits per heavy atom. The van der Waals surface area contributed by atoms with Crippen molar-refractivity contribution in [3.8, 4) is 5.75 Å². The second-order valence-electron chi connectivity index (χ2n) is 5.41. The summed E-state index contributed by atoms with van der Waals surface area (Å²) >= 11 is 0. The highest BCUT2D eigenvalue weighted by atomic mass is 19.1. The highest BCUT2D eigenvalue weighted by molar-refractivity contribution is 5.73. The van der Waals surface area contributed by atoms with Crippen LogP contribution in [0.3, 0.4) is 0 Å². The monoisotopic (exact) mass is 295 g/mol. The van der Waals surface area contributed by atoms with Gasteiger partial charge in [-0.15, -0.1) is 0 Å². The lowest BCUT2D eigenvalue weighted by Gasteiger charge is -2.36. The molecule has 1 saturated heterocycles. The molecule has 0 unspecified atom stereocenters. The average molecular weight is 295 g/mol. The third-order valence-electron chi connectivity index (χ3n) is 3.65. The van der Waals surface area contributed by atoms with Crippen LogP contribution >= 0.6 is 0 Å². The van der Waals surface area contributed by atoms with E-state index in [0.29, 0.717) is 19.6 Å². The van der Waals surface area contributed by atoms with Crippen molar-refractivity contribution in [2.75, 3.05) is 47.4 Å². The van der Waals surface area contributed by atoms with E-state index >= 15 is 0 Å². The number of rotatable bonds is 3. The molecule has 1 fully saturated rings. The van der Waals surface area contributed by atoms with Crippen LogP contribution < -0.4 is 4.74 Å². The Labute approximate surface area is 124 Å². The Morgan fingerprint density at radius 1 is 1.29 bits per heavy atom. The maximum Gasteiger partial charge on any atom is 0.319 e. The zero-order chi connectivity index (χ0) is 15.4. The van der Waals surface area contributed by atoms with Crippen molar-refractivity contribution < 1.29 is 13.9 Å². The molecule has 0 aliphatic carbocycles. The Morgan fingerprint density at radius 3 is 2.48 bits per heavy atom. The number of methoxy groups -OCH3 is 1. The van der Waals surface area contributed by atoms with Crippen LogP contribution in [-0.2, 0) is 6.54 Å². The number of ether oxygens (including phenoxy) is 1. The molecule has 0 spiro atoms. The third kappa shape index (κ3) is 3.85. The van der Waals surface area contributed by atoms with Crippen LogP contribution in [0.1, 0.15) is 5.56 Å². The first-order valence-electron chi connectivity index (χ1n) is 7.02. The molecule has 2 rings (SSSR count). The summed E-state index contributed by atoms with van der Waals surface area (Å²) < 4.78 is 18.6. The Kier molecular flexibility index (Phi) is 5.01. The molecule has 1 aromatic carbocycles. The van der Waals surface area contributed by atoms with Gasteiger partial charge < -0.3 is 14.5 Å². The maximum absolute atomic E-state index is 13.7. The van der Waals surface area contributed by atoms with Gasteiger partial charge in [0.1, 0.15) is 0 Å². The number of nitrogens with zero attached hydrogens (tertiary/aromatic N) is 3. The van der Waals surface area contributed by atoms with Gasteiger partial charge in [0.2, 0.25) is 0 Å². The minimum Gasteiger partial charge on any atom is -0.494 e. The van der Waals surface area contributed by atoms with E-state index in [4.69, 9.17) is 4.74 Å². The van der Waals surface area contributed by atoms with Crippen molar-refractivity contribution in [1.82, 2.24) is 14.7 Å². The van der Waals surface area contributed by atoms with Crippen molar-refractivity contribution in [2.45, 2.75) is 6.54 Å². The molecule has 0 radical (unpaired) electrons. The number of hydrogen-bond donors (Lipinski definition) is 0. The second-order valence-corrected chi connectivity index (χ2v) is 5.41. The summed E-state index contributed by atoms with van der Waals surface area (Å²) in [6.07, 6.45) is 0. The van der Waals surface area contributed by atoms with E-state index < -0.39 is 0 Å². The van der Waals surface area contributed by atoms with Crippen molar-refractivity contribution in [3.63, 3.8) is 0 Å². The lowest BCUT2D eigenvalue weighted by Crippen LogP contribution is -2.51. The highest BCUT2D eigenvalue weighted by Crippen LogP contribution is 2.19. The van der Waals surface area contributed by atoms with E-state index in [9.17, 15) is 9.18 Å². The van der Waals surface area contributed by atoms with Gasteiger partial charge in [0.25, 0.3) is 0 Å². The molecule has 0 saturated carbocycles. The smallest absolute Gasteiger partial charge is 0.319 e. The van der Waals surface area contributed by atoms with E-state index in [2.05, 4.69) is 4.90 Å². The molecule has 0 bridgehead atoms. The minimum atomic E-state index is -0.337. The van der Waals surface area contributed by atoms with Crippen LogP contribution in [0.5, 0.6) is 5.75 Å². The van der Waals surface area contributed by atoms with Crippen molar-refractivity contribution in [3.05, 3.63) is 29.6 Å². The van der Waals surface area contributed by atoms with Crippen LogP contribution in [0.2, 0.25) is 0 Å². The molecule has 5 nitrogen and oxygen atoms in total. The second kappa shape index (κ2) is 6.76. The molecule has 0 N–H and O–H groups in total. The number of carbonyl (C=O) groups is 1. The number of amides is 2. The first kappa shape index (κ1) is 15.6. The molecule has 1 heterocycles. The van der Waals surface area contributed by atoms with Gasteiger partial charge in [-0.2, -0.15) is 0 Å². The maximum atomic E-state index is 13.7. The summed E-state index contributed by atoms with van der Waals surface area (Å²) in [6.45, 7) is 3.69. The van der Waals surface area contributed by atoms with Gasteiger partial charge in [0, 0.05) is 46.8 Å². The molecule has 6 heteroatoms. The summed E-state index contributed by atoms with van der Waals surface area (Å²) in [6, 6.07) is 5.08. The number of halogens is 1. The predicted octanol–water partition coefficient (Wildman–Crippen LogP) is 1.63. The van der Waals surface area contributed by atoms with Crippen molar-refractivity contribution in [2.24, 2.45) is 0 Å². The fraction of sp³-hybridized carbons (Fsp3) is 0.533. The Hall–Kier alpha value is -1.82. The summed E-state index contributed by atoms with van der Waals surface area (Å²) in [5, 5.41) is 0. The van der Waals surface area contributed by atoms with E-state index in [-0.39, 0.29) is 17.6 Å². The third-order valence-corrected chi connectivity index (χ3v) is 3.65. The fourth-order valence-electron chi connectivity index (χ4n) is 2.45. The van der Waals surface area contributed by atoms with Crippen molar-refractivity contribution in [1.29, 1.82) is 0 Å².